The Morgan fingerprint density at radius 3 is 2.94 bits per heavy atom. The molecule has 3 rings (SSSR count). The Balaban J connectivity index is 1.94. The first-order valence-electron chi connectivity index (χ1n) is 6.08. The lowest BCUT2D eigenvalue weighted by Crippen LogP contribution is -2.38. The Morgan fingerprint density at radius 1 is 1.29 bits per heavy atom. The van der Waals surface area contributed by atoms with E-state index in [0.29, 0.717) is 5.56 Å². The minimum absolute atomic E-state index is 0.0398. The van der Waals surface area contributed by atoms with Crippen molar-refractivity contribution < 1.29 is 9.18 Å². The van der Waals surface area contributed by atoms with Gasteiger partial charge < -0.3 is 5.32 Å². The highest BCUT2D eigenvalue weighted by atomic mass is 19.1. The Hall–Kier alpha value is -1.42. The third-order valence-corrected chi connectivity index (χ3v) is 3.66. The van der Waals surface area contributed by atoms with E-state index in [1.165, 1.54) is 6.07 Å². The van der Waals surface area contributed by atoms with Gasteiger partial charge in [-0.2, -0.15) is 0 Å². The van der Waals surface area contributed by atoms with Crippen LogP contribution in [0.4, 0.5) is 4.39 Å². The van der Waals surface area contributed by atoms with Gasteiger partial charge in [0.1, 0.15) is 12.0 Å². The first-order chi connectivity index (χ1) is 8.27. The first kappa shape index (κ1) is 10.7. The highest BCUT2D eigenvalue weighted by molar-refractivity contribution is 5.84. The van der Waals surface area contributed by atoms with Crippen LogP contribution in [0.25, 0.3) is 0 Å². The van der Waals surface area contributed by atoms with E-state index >= 15 is 0 Å². The van der Waals surface area contributed by atoms with E-state index < -0.39 is 0 Å². The molecular weight excluding hydrogens is 219 g/mol. The van der Waals surface area contributed by atoms with Gasteiger partial charge in [-0.3, -0.25) is 9.69 Å². The molecule has 17 heavy (non-hydrogen) atoms. The van der Waals surface area contributed by atoms with Crippen LogP contribution in [-0.2, 0) is 4.79 Å². The van der Waals surface area contributed by atoms with Crippen LogP contribution in [0, 0.1) is 5.82 Å². The summed E-state index contributed by atoms with van der Waals surface area (Å²) in [7, 11) is 0. The van der Waals surface area contributed by atoms with Crippen LogP contribution in [0.3, 0.4) is 0 Å². The van der Waals surface area contributed by atoms with Crippen molar-refractivity contribution in [3.05, 3.63) is 35.6 Å². The maximum absolute atomic E-state index is 13.7. The van der Waals surface area contributed by atoms with Crippen molar-refractivity contribution in [1.29, 1.82) is 0 Å². The molecule has 1 aromatic rings. The average Bonchev–Trinajstić information content (AvgIpc) is 2.68. The number of carbonyl (C=O) groups excluding carboxylic acids is 1. The molecule has 2 unspecified atom stereocenters. The van der Waals surface area contributed by atoms with E-state index in [4.69, 9.17) is 0 Å². The molecule has 2 aliphatic rings. The third-order valence-electron chi connectivity index (χ3n) is 3.66. The van der Waals surface area contributed by atoms with Gasteiger partial charge in [0.05, 0.1) is 6.04 Å². The van der Waals surface area contributed by atoms with Crippen molar-refractivity contribution in [3.8, 4) is 0 Å². The number of benzene rings is 1. The molecule has 0 aromatic heterocycles. The van der Waals surface area contributed by atoms with Gasteiger partial charge in [0.2, 0.25) is 5.91 Å². The summed E-state index contributed by atoms with van der Waals surface area (Å²) in [5.74, 6) is -0.207. The fraction of sp³-hybridized carbons (Fsp3) is 0.462. The molecule has 0 saturated carbocycles. The van der Waals surface area contributed by atoms with Crippen LogP contribution < -0.4 is 5.32 Å². The number of hydrogen-bond acceptors (Lipinski definition) is 2. The summed E-state index contributed by atoms with van der Waals surface area (Å²) < 4.78 is 13.7. The second-order valence-electron chi connectivity index (χ2n) is 4.68. The van der Waals surface area contributed by atoms with Gasteiger partial charge in [-0.05, 0) is 18.9 Å². The molecule has 0 aliphatic carbocycles. The first-order valence-corrected chi connectivity index (χ1v) is 6.08. The minimum Gasteiger partial charge on any atom is -0.335 e. The SMILES string of the molecule is O=C1NC(c2ccccc2F)N2CCCCC12. The summed E-state index contributed by atoms with van der Waals surface area (Å²) in [6.45, 7) is 0.863. The molecule has 2 saturated heterocycles. The molecule has 2 fully saturated rings. The molecule has 1 N–H and O–H groups in total. The normalized spacial score (nSPS) is 28.9. The lowest BCUT2D eigenvalue weighted by atomic mass is 10.0. The minimum atomic E-state index is -0.283. The van der Waals surface area contributed by atoms with Gasteiger partial charge in [-0.1, -0.05) is 24.6 Å². The number of nitrogens with one attached hydrogen (secondary N) is 1. The Kier molecular flexibility index (Phi) is 2.59. The van der Waals surface area contributed by atoms with Gasteiger partial charge in [0.25, 0.3) is 0 Å². The van der Waals surface area contributed by atoms with Crippen molar-refractivity contribution in [3.63, 3.8) is 0 Å². The van der Waals surface area contributed by atoms with E-state index in [2.05, 4.69) is 10.2 Å². The van der Waals surface area contributed by atoms with Gasteiger partial charge in [-0.15, -0.1) is 0 Å². The van der Waals surface area contributed by atoms with Crippen LogP contribution in [0.2, 0.25) is 0 Å². The fourth-order valence-corrected chi connectivity index (χ4v) is 2.81. The third kappa shape index (κ3) is 1.72. The lowest BCUT2D eigenvalue weighted by Gasteiger charge is -2.31. The zero-order valence-corrected chi connectivity index (χ0v) is 9.53. The molecule has 4 heteroatoms. The number of rotatable bonds is 1. The van der Waals surface area contributed by atoms with E-state index in [-0.39, 0.29) is 23.9 Å². The summed E-state index contributed by atoms with van der Waals surface area (Å²) in [5, 5.41) is 2.90. The molecule has 90 valence electrons. The monoisotopic (exact) mass is 234 g/mol. The van der Waals surface area contributed by atoms with Crippen LogP contribution in [0.15, 0.2) is 24.3 Å². The highest BCUT2D eigenvalue weighted by Crippen LogP contribution is 2.32. The number of piperidine rings is 1. The van der Waals surface area contributed by atoms with Gasteiger partial charge >= 0.3 is 0 Å². The molecule has 2 atom stereocenters. The summed E-state index contributed by atoms with van der Waals surface area (Å²) in [5.41, 5.74) is 0.574. The maximum Gasteiger partial charge on any atom is 0.238 e. The lowest BCUT2D eigenvalue weighted by molar-refractivity contribution is -0.122. The Bertz CT molecular complexity index is 449. The molecule has 3 nitrogen and oxygen atoms in total. The largest absolute Gasteiger partial charge is 0.335 e. The molecule has 0 spiro atoms. The van der Waals surface area contributed by atoms with E-state index in [9.17, 15) is 9.18 Å². The fourth-order valence-electron chi connectivity index (χ4n) is 2.81. The number of amides is 1. The average molecular weight is 234 g/mol. The molecule has 2 aliphatic heterocycles. The molecule has 0 radical (unpaired) electrons. The number of fused-ring (bicyclic) bond motifs is 1. The van der Waals surface area contributed by atoms with Crippen LogP contribution in [0.5, 0.6) is 0 Å². The summed E-state index contributed by atoms with van der Waals surface area (Å²) in [4.78, 5) is 13.9. The number of carbonyl (C=O) groups is 1. The standard InChI is InChI=1S/C13H15FN2O/c14-10-6-2-1-5-9(10)12-15-13(17)11-7-3-4-8-16(11)12/h1-2,5-6,11-12H,3-4,7-8H2,(H,15,17). The van der Waals surface area contributed by atoms with Gasteiger partial charge in [0, 0.05) is 12.1 Å². The molecule has 2 heterocycles. The molecule has 1 amide bonds. The second kappa shape index (κ2) is 4.11. The van der Waals surface area contributed by atoms with Crippen molar-refractivity contribution in [2.24, 2.45) is 0 Å². The predicted octanol–water partition coefficient (Wildman–Crippen LogP) is 1.81. The molecular formula is C13H15FN2O. The van der Waals surface area contributed by atoms with Gasteiger partial charge in [0.15, 0.2) is 0 Å². The van der Waals surface area contributed by atoms with E-state index in [0.717, 1.165) is 25.8 Å². The smallest absolute Gasteiger partial charge is 0.238 e. The van der Waals surface area contributed by atoms with Crippen molar-refractivity contribution in [1.82, 2.24) is 10.2 Å². The quantitative estimate of drug-likeness (QED) is 0.803. The van der Waals surface area contributed by atoms with Crippen LogP contribution in [-0.4, -0.2) is 23.4 Å². The number of nitrogens with zero attached hydrogens (tertiary/aromatic N) is 1. The van der Waals surface area contributed by atoms with Crippen LogP contribution in [0.1, 0.15) is 31.0 Å². The summed E-state index contributed by atoms with van der Waals surface area (Å²) in [6, 6.07) is 6.61. The second-order valence-corrected chi connectivity index (χ2v) is 4.68. The highest BCUT2D eigenvalue weighted by Gasteiger charge is 2.42. The van der Waals surface area contributed by atoms with Gasteiger partial charge in [-0.25, -0.2) is 4.39 Å². The predicted molar refractivity (Wildman–Crippen MR) is 61.6 cm³/mol. The summed E-state index contributed by atoms with van der Waals surface area (Å²) in [6.07, 6.45) is 2.76. The van der Waals surface area contributed by atoms with Crippen molar-refractivity contribution >= 4 is 5.91 Å². The Labute approximate surface area is 99.6 Å². The number of hydrogen-bond donors (Lipinski definition) is 1. The topological polar surface area (TPSA) is 32.3 Å². The van der Waals surface area contributed by atoms with Crippen molar-refractivity contribution in [2.45, 2.75) is 31.5 Å². The van der Waals surface area contributed by atoms with Crippen molar-refractivity contribution in [2.75, 3.05) is 6.54 Å². The molecule has 0 bridgehead atoms. The zero-order valence-electron chi connectivity index (χ0n) is 9.53. The zero-order chi connectivity index (χ0) is 11.8. The van der Waals surface area contributed by atoms with Crippen LogP contribution >= 0.6 is 0 Å². The van der Waals surface area contributed by atoms with E-state index in [1.54, 1.807) is 12.1 Å². The number of halogens is 1. The Morgan fingerprint density at radius 2 is 2.12 bits per heavy atom. The summed E-state index contributed by atoms with van der Waals surface area (Å²) >= 11 is 0. The maximum atomic E-state index is 13.7. The van der Waals surface area contributed by atoms with E-state index in [1.807, 2.05) is 6.07 Å². The molecule has 1 aromatic carbocycles.